The molecule has 0 bridgehead atoms. The Morgan fingerprint density at radius 2 is 1.53 bits per heavy atom. The monoisotopic (exact) mass is 510 g/mol. The van der Waals surface area contributed by atoms with Crippen LogP contribution in [0.15, 0.2) is 34.5 Å². The maximum Gasteiger partial charge on any atom is 0.262 e. The Morgan fingerprint density at radius 1 is 0.921 bits per heavy atom. The molecule has 1 aliphatic rings. The molecule has 4 heterocycles. The van der Waals surface area contributed by atoms with Crippen molar-refractivity contribution in [2.75, 3.05) is 0 Å². The number of imide groups is 1. The number of carbonyl (C=O) groups excluding carboxylic acids is 2. The predicted molar refractivity (Wildman–Crippen MR) is 137 cm³/mol. The molecule has 0 saturated carbocycles. The molecule has 0 radical (unpaired) electrons. The molecule has 1 atom stereocenters. The van der Waals surface area contributed by atoms with E-state index in [0.29, 0.717) is 39.7 Å². The number of rotatable bonds is 4. The van der Waals surface area contributed by atoms with Crippen LogP contribution in [0.5, 0.6) is 0 Å². The van der Waals surface area contributed by atoms with Gasteiger partial charge in [0.1, 0.15) is 0 Å². The summed E-state index contributed by atoms with van der Waals surface area (Å²) in [6.07, 6.45) is 0. The molecule has 0 fully saturated rings. The van der Waals surface area contributed by atoms with Gasteiger partial charge in [-0.05, 0) is 30.3 Å². The SMILES string of the molecule is [C-]#[N+]c1c(C(C)(C)C)n[n-]c1N=Nc1c(C(C)(C)C)nn2c(C(C)N3C(=O)c4ccccc4C3=O)n[n-]c12. The number of hydrogen-bond acceptors (Lipinski definition) is 7. The van der Waals surface area contributed by atoms with E-state index in [1.807, 2.05) is 41.5 Å². The Balaban J connectivity index is 1.58. The lowest BCUT2D eigenvalue weighted by atomic mass is 9.91. The second-order valence-corrected chi connectivity index (χ2v) is 11.2. The zero-order valence-corrected chi connectivity index (χ0v) is 22.2. The smallest absolute Gasteiger partial charge is 0.262 e. The van der Waals surface area contributed by atoms with Crippen molar-refractivity contribution in [1.29, 1.82) is 0 Å². The van der Waals surface area contributed by atoms with Crippen molar-refractivity contribution < 1.29 is 9.59 Å². The van der Waals surface area contributed by atoms with Crippen molar-refractivity contribution in [3.8, 4) is 0 Å². The largest absolute Gasteiger partial charge is 0.365 e. The summed E-state index contributed by atoms with van der Waals surface area (Å²) >= 11 is 0. The van der Waals surface area contributed by atoms with Gasteiger partial charge >= 0.3 is 0 Å². The first-order chi connectivity index (χ1) is 17.8. The van der Waals surface area contributed by atoms with Crippen LogP contribution in [0.4, 0.5) is 17.2 Å². The fourth-order valence-corrected chi connectivity index (χ4v) is 4.40. The van der Waals surface area contributed by atoms with Crippen LogP contribution in [0.25, 0.3) is 10.5 Å². The molecule has 2 amide bonds. The number of amides is 2. The van der Waals surface area contributed by atoms with Crippen LogP contribution in [0, 0.1) is 6.57 Å². The van der Waals surface area contributed by atoms with E-state index in [1.54, 1.807) is 31.2 Å². The lowest BCUT2D eigenvalue weighted by molar-refractivity contribution is 0.0587. The Bertz CT molecular complexity index is 1630. The first kappa shape index (κ1) is 25.0. The van der Waals surface area contributed by atoms with Crippen LogP contribution in [0.2, 0.25) is 0 Å². The maximum atomic E-state index is 13.1. The van der Waals surface area contributed by atoms with Crippen molar-refractivity contribution in [3.63, 3.8) is 0 Å². The zero-order valence-electron chi connectivity index (χ0n) is 22.2. The van der Waals surface area contributed by atoms with Crippen molar-refractivity contribution in [2.45, 2.75) is 65.3 Å². The highest BCUT2D eigenvalue weighted by Gasteiger charge is 2.39. The number of benzene rings is 1. The fraction of sp³-hybridized carbons (Fsp3) is 0.385. The molecule has 12 heteroatoms. The third-order valence-electron chi connectivity index (χ3n) is 6.35. The molecule has 5 rings (SSSR count). The standard InChI is InChI=1S/C26H26N10O2/c1-13(35-23(37)14-11-9-10-12-15(14)24(35)38)21-32-33-22-17(19(26(5,6)7)34-36(21)22)28-30-20-16(27-8)18(29-31-20)25(2,3)4/h9-13H,1-7H3/q-2. The van der Waals surface area contributed by atoms with Gasteiger partial charge < -0.3 is 19.8 Å². The van der Waals surface area contributed by atoms with Gasteiger partial charge in [-0.25, -0.2) is 4.85 Å². The van der Waals surface area contributed by atoms with E-state index >= 15 is 0 Å². The molecule has 194 valence electrons. The van der Waals surface area contributed by atoms with Crippen molar-refractivity contribution >= 4 is 34.7 Å². The highest BCUT2D eigenvalue weighted by molar-refractivity contribution is 6.21. The molecule has 0 N–H and O–H groups in total. The Kier molecular flexibility index (Phi) is 5.56. The third-order valence-corrected chi connectivity index (χ3v) is 6.35. The molecule has 0 saturated heterocycles. The van der Waals surface area contributed by atoms with E-state index in [9.17, 15) is 9.59 Å². The zero-order chi connectivity index (χ0) is 27.6. The molecule has 12 nitrogen and oxygen atoms in total. The van der Waals surface area contributed by atoms with Gasteiger partial charge in [0.05, 0.1) is 46.6 Å². The molecular formula is C26H26N10O2-2. The molecule has 1 unspecified atom stereocenters. The molecule has 0 spiro atoms. The minimum atomic E-state index is -0.742. The first-order valence-corrected chi connectivity index (χ1v) is 12.1. The van der Waals surface area contributed by atoms with E-state index < -0.39 is 23.3 Å². The Hall–Kier alpha value is -4.66. The topological polar surface area (TPSA) is 138 Å². The van der Waals surface area contributed by atoms with Gasteiger partial charge in [0.25, 0.3) is 11.8 Å². The molecule has 38 heavy (non-hydrogen) atoms. The summed E-state index contributed by atoms with van der Waals surface area (Å²) in [6.45, 7) is 21.1. The van der Waals surface area contributed by atoms with Crippen molar-refractivity contribution in [3.05, 3.63) is 64.0 Å². The summed E-state index contributed by atoms with van der Waals surface area (Å²) in [7, 11) is 0. The second-order valence-electron chi connectivity index (χ2n) is 11.2. The second kappa shape index (κ2) is 8.44. The maximum absolute atomic E-state index is 13.1. The van der Waals surface area contributed by atoms with Gasteiger partial charge in [0.15, 0.2) is 0 Å². The number of nitrogens with zero attached hydrogens (tertiary/aromatic N) is 10. The fourth-order valence-electron chi connectivity index (χ4n) is 4.40. The van der Waals surface area contributed by atoms with Crippen LogP contribution in [0.1, 0.15) is 92.4 Å². The summed E-state index contributed by atoms with van der Waals surface area (Å²) in [6, 6.07) is 5.97. The molecular weight excluding hydrogens is 484 g/mol. The van der Waals surface area contributed by atoms with E-state index in [1.165, 1.54) is 9.42 Å². The quantitative estimate of drug-likeness (QED) is 0.215. The van der Waals surface area contributed by atoms with Gasteiger partial charge in [-0.3, -0.25) is 34.9 Å². The highest BCUT2D eigenvalue weighted by Crippen LogP contribution is 2.40. The number of aromatic nitrogens is 6. The van der Waals surface area contributed by atoms with E-state index in [4.69, 9.17) is 11.7 Å². The van der Waals surface area contributed by atoms with Crippen LogP contribution in [-0.2, 0) is 10.8 Å². The van der Waals surface area contributed by atoms with Crippen molar-refractivity contribution in [1.82, 2.24) is 34.9 Å². The Labute approximate surface area is 219 Å². The number of azo groups is 1. The van der Waals surface area contributed by atoms with Gasteiger partial charge in [0.2, 0.25) is 5.69 Å². The normalized spacial score (nSPS) is 15.1. The number of hydrogen-bond donors (Lipinski definition) is 0. The molecule has 3 aromatic heterocycles. The van der Waals surface area contributed by atoms with Gasteiger partial charge in [-0.2, -0.15) is 0 Å². The van der Waals surface area contributed by atoms with E-state index in [2.05, 4.69) is 35.5 Å². The molecule has 1 aliphatic heterocycles. The summed E-state index contributed by atoms with van der Waals surface area (Å²) in [5, 5.41) is 30.2. The average molecular weight is 511 g/mol. The van der Waals surface area contributed by atoms with E-state index in [-0.39, 0.29) is 16.9 Å². The van der Waals surface area contributed by atoms with Gasteiger partial charge in [-0.1, -0.05) is 53.7 Å². The van der Waals surface area contributed by atoms with Crippen LogP contribution in [0.3, 0.4) is 0 Å². The number of carbonyl (C=O) groups is 2. The summed E-state index contributed by atoms with van der Waals surface area (Å²) in [5.74, 6) is -0.364. The van der Waals surface area contributed by atoms with Gasteiger partial charge in [-0.15, -0.1) is 0 Å². The molecule has 1 aromatic carbocycles. The average Bonchev–Trinajstić information content (AvgIpc) is 3.59. The third kappa shape index (κ3) is 3.78. The van der Waals surface area contributed by atoms with Crippen LogP contribution in [-0.4, -0.2) is 36.5 Å². The van der Waals surface area contributed by atoms with Gasteiger partial charge in [0, 0.05) is 11.1 Å². The molecule has 4 aromatic rings. The lowest BCUT2D eigenvalue weighted by Crippen LogP contribution is -2.33. The Morgan fingerprint density at radius 3 is 2.08 bits per heavy atom. The minimum absolute atomic E-state index is 0.114. The number of fused-ring (bicyclic) bond motifs is 2. The highest BCUT2D eigenvalue weighted by atomic mass is 16.2. The summed E-state index contributed by atoms with van der Waals surface area (Å²) in [5.41, 5.74) is 1.92. The minimum Gasteiger partial charge on any atom is -0.365 e. The predicted octanol–water partition coefficient (Wildman–Crippen LogP) is 4.96. The lowest BCUT2D eigenvalue weighted by Gasteiger charge is -2.23. The van der Waals surface area contributed by atoms with Crippen LogP contribution >= 0.6 is 0 Å². The van der Waals surface area contributed by atoms with E-state index in [0.717, 1.165) is 0 Å². The summed E-state index contributed by atoms with van der Waals surface area (Å²) < 4.78 is 1.50. The van der Waals surface area contributed by atoms with Crippen LogP contribution < -0.4 is 10.2 Å². The first-order valence-electron chi connectivity index (χ1n) is 12.1. The van der Waals surface area contributed by atoms with Crippen molar-refractivity contribution in [2.24, 2.45) is 10.2 Å². The molecule has 0 aliphatic carbocycles. The summed E-state index contributed by atoms with van der Waals surface area (Å²) in [4.78, 5) is 30.9.